The molecule has 0 unspecified atom stereocenters. The van der Waals surface area contributed by atoms with Crippen LogP contribution in [0.5, 0.6) is 0 Å². The first-order chi connectivity index (χ1) is 9.72. The Balaban J connectivity index is 2.11. The van der Waals surface area contributed by atoms with E-state index in [9.17, 15) is 4.79 Å². The van der Waals surface area contributed by atoms with E-state index in [1.165, 1.54) is 12.4 Å². The van der Waals surface area contributed by atoms with Gasteiger partial charge >= 0.3 is 0 Å². The van der Waals surface area contributed by atoms with Crippen molar-refractivity contribution in [2.75, 3.05) is 23.8 Å². The Labute approximate surface area is 118 Å². The summed E-state index contributed by atoms with van der Waals surface area (Å²) < 4.78 is 0. The molecule has 1 amide bonds. The van der Waals surface area contributed by atoms with Crippen LogP contribution in [0.3, 0.4) is 0 Å². The second-order valence-electron chi connectivity index (χ2n) is 4.16. The number of carbonyl (C=O) groups excluding carboxylic acids is 1. The molecule has 0 aliphatic heterocycles. The van der Waals surface area contributed by atoms with E-state index in [0.717, 1.165) is 5.69 Å². The van der Waals surface area contributed by atoms with Gasteiger partial charge in [-0.3, -0.25) is 4.79 Å². The largest absolute Gasteiger partial charge is 0.351 e. The molecule has 1 aromatic heterocycles. The quantitative estimate of drug-likeness (QED) is 0.846. The Morgan fingerprint density at radius 2 is 1.95 bits per heavy atom. The molecule has 1 heterocycles. The average molecular weight is 268 g/mol. The number of benzene rings is 1. The Hall–Kier alpha value is -2.69. The highest BCUT2D eigenvalue weighted by Gasteiger charge is 2.14. The smallest absolute Gasteiger partial charge is 0.261 e. The molecule has 0 radical (unpaired) electrons. The summed E-state index contributed by atoms with van der Waals surface area (Å²) in [6, 6.07) is 9.43. The lowest BCUT2D eigenvalue weighted by molar-refractivity contribution is 0.0992. The highest BCUT2D eigenvalue weighted by atomic mass is 16.2. The number of nitrogens with one attached hydrogen (secondary N) is 1. The van der Waals surface area contributed by atoms with E-state index in [2.05, 4.69) is 21.9 Å². The Bertz CT molecular complexity index is 581. The molecule has 0 fully saturated rings. The molecule has 0 atom stereocenters. The number of hydrogen-bond donors (Lipinski definition) is 1. The van der Waals surface area contributed by atoms with Crippen molar-refractivity contribution in [2.45, 2.75) is 0 Å². The lowest BCUT2D eigenvalue weighted by Gasteiger charge is -2.16. The molecular formula is C15H16N4O. The second kappa shape index (κ2) is 6.47. The molecule has 20 heavy (non-hydrogen) atoms. The molecule has 0 aliphatic rings. The zero-order valence-electron chi connectivity index (χ0n) is 11.3. The SMILES string of the molecule is C=CCNc1ncc(C(=O)N(C)c2ccccc2)cn1. The number of nitrogens with zero attached hydrogens (tertiary/aromatic N) is 3. The first-order valence-corrected chi connectivity index (χ1v) is 6.22. The summed E-state index contributed by atoms with van der Waals surface area (Å²) in [5.74, 6) is 0.329. The van der Waals surface area contributed by atoms with Gasteiger partial charge in [-0.05, 0) is 12.1 Å². The number of aromatic nitrogens is 2. The van der Waals surface area contributed by atoms with Crippen molar-refractivity contribution in [3.05, 3.63) is 60.9 Å². The monoisotopic (exact) mass is 268 g/mol. The van der Waals surface area contributed by atoms with Crippen LogP contribution in [0.4, 0.5) is 11.6 Å². The maximum absolute atomic E-state index is 12.3. The fourth-order valence-corrected chi connectivity index (χ4v) is 1.66. The normalized spacial score (nSPS) is 9.85. The first-order valence-electron chi connectivity index (χ1n) is 6.22. The molecule has 0 saturated heterocycles. The van der Waals surface area contributed by atoms with Gasteiger partial charge in [0.25, 0.3) is 5.91 Å². The molecule has 0 bridgehead atoms. The van der Waals surface area contributed by atoms with Gasteiger partial charge in [0.2, 0.25) is 5.95 Å². The number of carbonyl (C=O) groups is 1. The van der Waals surface area contributed by atoms with E-state index in [4.69, 9.17) is 0 Å². The van der Waals surface area contributed by atoms with Gasteiger partial charge in [-0.25, -0.2) is 9.97 Å². The van der Waals surface area contributed by atoms with Crippen LogP contribution in [0.15, 0.2) is 55.4 Å². The zero-order chi connectivity index (χ0) is 14.4. The number of para-hydroxylation sites is 1. The second-order valence-corrected chi connectivity index (χ2v) is 4.16. The highest BCUT2D eigenvalue weighted by molar-refractivity contribution is 6.05. The third kappa shape index (κ3) is 3.20. The van der Waals surface area contributed by atoms with Crippen LogP contribution in [-0.2, 0) is 0 Å². The summed E-state index contributed by atoms with van der Waals surface area (Å²) in [5, 5.41) is 2.96. The molecule has 2 aromatic rings. The maximum Gasteiger partial charge on any atom is 0.261 e. The molecule has 0 saturated carbocycles. The van der Waals surface area contributed by atoms with E-state index in [1.807, 2.05) is 30.3 Å². The molecule has 5 heteroatoms. The first kappa shape index (κ1) is 13.7. The van der Waals surface area contributed by atoms with Crippen molar-refractivity contribution < 1.29 is 4.79 Å². The van der Waals surface area contributed by atoms with Crippen molar-refractivity contribution in [2.24, 2.45) is 0 Å². The van der Waals surface area contributed by atoms with Gasteiger partial charge in [0.15, 0.2) is 0 Å². The number of anilines is 2. The van der Waals surface area contributed by atoms with E-state index in [0.29, 0.717) is 18.1 Å². The number of rotatable bonds is 5. The molecule has 0 spiro atoms. The molecule has 102 valence electrons. The van der Waals surface area contributed by atoms with Gasteiger partial charge in [0.1, 0.15) is 0 Å². The fourth-order valence-electron chi connectivity index (χ4n) is 1.66. The summed E-state index contributed by atoms with van der Waals surface area (Å²) in [6.07, 6.45) is 4.74. The topological polar surface area (TPSA) is 58.1 Å². The van der Waals surface area contributed by atoms with Crippen molar-refractivity contribution in [3.8, 4) is 0 Å². The van der Waals surface area contributed by atoms with Gasteiger partial charge in [-0.2, -0.15) is 0 Å². The number of hydrogen-bond acceptors (Lipinski definition) is 4. The lowest BCUT2D eigenvalue weighted by Crippen LogP contribution is -2.26. The minimum atomic E-state index is -0.147. The summed E-state index contributed by atoms with van der Waals surface area (Å²) in [4.78, 5) is 22.0. The van der Waals surface area contributed by atoms with Crippen LogP contribution in [-0.4, -0.2) is 29.5 Å². The highest BCUT2D eigenvalue weighted by Crippen LogP contribution is 2.14. The van der Waals surface area contributed by atoms with E-state index < -0.39 is 0 Å². The molecule has 1 aromatic carbocycles. The van der Waals surface area contributed by atoms with Crippen molar-refractivity contribution in [1.82, 2.24) is 9.97 Å². The lowest BCUT2D eigenvalue weighted by atomic mass is 10.2. The van der Waals surface area contributed by atoms with Gasteiger partial charge in [0.05, 0.1) is 5.56 Å². The minimum absolute atomic E-state index is 0.147. The average Bonchev–Trinajstić information content (AvgIpc) is 2.53. The Morgan fingerprint density at radius 3 is 2.55 bits per heavy atom. The van der Waals surface area contributed by atoms with Crippen LogP contribution in [0.1, 0.15) is 10.4 Å². The van der Waals surface area contributed by atoms with Crippen LogP contribution in [0.25, 0.3) is 0 Å². The zero-order valence-corrected chi connectivity index (χ0v) is 11.3. The van der Waals surface area contributed by atoms with Gasteiger partial charge < -0.3 is 10.2 Å². The van der Waals surface area contributed by atoms with E-state index in [1.54, 1.807) is 18.0 Å². The van der Waals surface area contributed by atoms with Gasteiger partial charge in [0, 0.05) is 31.7 Å². The fraction of sp³-hybridized carbons (Fsp3) is 0.133. The maximum atomic E-state index is 12.3. The third-order valence-electron chi connectivity index (χ3n) is 2.75. The molecule has 5 nitrogen and oxygen atoms in total. The summed E-state index contributed by atoms with van der Waals surface area (Å²) >= 11 is 0. The van der Waals surface area contributed by atoms with Crippen LogP contribution < -0.4 is 10.2 Å². The third-order valence-corrected chi connectivity index (χ3v) is 2.75. The standard InChI is InChI=1S/C15H16N4O/c1-3-9-16-15-17-10-12(11-18-15)14(20)19(2)13-7-5-4-6-8-13/h3-8,10-11H,1,9H2,2H3,(H,16,17,18). The number of amides is 1. The van der Waals surface area contributed by atoms with Crippen molar-refractivity contribution >= 4 is 17.5 Å². The van der Waals surface area contributed by atoms with Gasteiger partial charge in [-0.1, -0.05) is 24.3 Å². The van der Waals surface area contributed by atoms with Gasteiger partial charge in [-0.15, -0.1) is 6.58 Å². The minimum Gasteiger partial charge on any atom is -0.351 e. The van der Waals surface area contributed by atoms with Crippen molar-refractivity contribution in [1.29, 1.82) is 0 Å². The molecule has 1 N–H and O–H groups in total. The Kier molecular flexibility index (Phi) is 4.44. The van der Waals surface area contributed by atoms with Crippen LogP contribution in [0.2, 0.25) is 0 Å². The summed E-state index contributed by atoms with van der Waals surface area (Å²) in [5.41, 5.74) is 1.27. The predicted octanol–water partition coefficient (Wildman–Crippen LogP) is 2.35. The molecular weight excluding hydrogens is 252 g/mol. The van der Waals surface area contributed by atoms with Crippen molar-refractivity contribution in [3.63, 3.8) is 0 Å². The molecule has 0 aliphatic carbocycles. The summed E-state index contributed by atoms with van der Waals surface area (Å²) in [7, 11) is 1.72. The summed E-state index contributed by atoms with van der Waals surface area (Å²) in [6.45, 7) is 4.18. The van der Waals surface area contributed by atoms with Crippen LogP contribution >= 0.6 is 0 Å². The van der Waals surface area contributed by atoms with Crippen LogP contribution in [0, 0.1) is 0 Å². The van der Waals surface area contributed by atoms with E-state index >= 15 is 0 Å². The molecule has 2 rings (SSSR count). The Morgan fingerprint density at radius 1 is 1.30 bits per heavy atom. The predicted molar refractivity (Wildman–Crippen MR) is 79.9 cm³/mol. The van der Waals surface area contributed by atoms with E-state index in [-0.39, 0.29) is 5.91 Å².